The van der Waals surface area contributed by atoms with Gasteiger partial charge >= 0.3 is 5.97 Å². The predicted octanol–water partition coefficient (Wildman–Crippen LogP) is 0.855. The van der Waals surface area contributed by atoms with Gasteiger partial charge in [0.15, 0.2) is 0 Å². The van der Waals surface area contributed by atoms with E-state index in [0.29, 0.717) is 12.5 Å². The molecule has 0 bridgehead atoms. The van der Waals surface area contributed by atoms with Gasteiger partial charge in [0.05, 0.1) is 0 Å². The van der Waals surface area contributed by atoms with Crippen LogP contribution in [0.2, 0.25) is 0 Å². The second-order valence-corrected chi connectivity index (χ2v) is 5.71. The van der Waals surface area contributed by atoms with E-state index >= 15 is 0 Å². The maximum Gasteiger partial charge on any atom is 0.320 e. The number of carbonyl (C=O) groups is 1. The van der Waals surface area contributed by atoms with Gasteiger partial charge in [-0.15, -0.1) is 0 Å². The molecular formula is C14H29N3O2. The average Bonchev–Trinajstić information content (AvgIpc) is 3.14. The Labute approximate surface area is 117 Å². The molecule has 0 aromatic rings. The quantitative estimate of drug-likeness (QED) is 0.583. The summed E-state index contributed by atoms with van der Waals surface area (Å²) in [6, 6.07) is 0.0697. The Morgan fingerprint density at radius 1 is 1.32 bits per heavy atom. The number of rotatable bonds is 11. The third kappa shape index (κ3) is 7.50. The highest BCUT2D eigenvalue weighted by molar-refractivity contribution is 5.73. The molecule has 1 rings (SSSR count). The topological polar surface area (TPSA) is 55.8 Å². The van der Waals surface area contributed by atoms with Crippen molar-refractivity contribution >= 4 is 5.97 Å². The van der Waals surface area contributed by atoms with E-state index in [2.05, 4.69) is 36.1 Å². The number of nitrogens with zero attached hydrogens (tertiary/aromatic N) is 2. The molecule has 0 aromatic heterocycles. The predicted molar refractivity (Wildman–Crippen MR) is 77.5 cm³/mol. The Morgan fingerprint density at radius 2 is 2.00 bits per heavy atom. The Balaban J connectivity index is 2.22. The first kappa shape index (κ1) is 16.4. The van der Waals surface area contributed by atoms with Crippen LogP contribution in [0.1, 0.15) is 32.6 Å². The smallest absolute Gasteiger partial charge is 0.320 e. The van der Waals surface area contributed by atoms with Crippen LogP contribution in [0.15, 0.2) is 0 Å². The lowest BCUT2D eigenvalue weighted by atomic mass is 10.2. The number of hydrogen-bond donors (Lipinski definition) is 2. The third-order valence-corrected chi connectivity index (χ3v) is 3.57. The molecule has 1 fully saturated rings. The van der Waals surface area contributed by atoms with Gasteiger partial charge in [0.2, 0.25) is 0 Å². The van der Waals surface area contributed by atoms with E-state index in [0.717, 1.165) is 45.4 Å². The lowest BCUT2D eigenvalue weighted by Crippen LogP contribution is -2.41. The first-order valence-electron chi connectivity index (χ1n) is 7.38. The number of hydrogen-bond acceptors (Lipinski definition) is 4. The molecule has 5 nitrogen and oxygen atoms in total. The van der Waals surface area contributed by atoms with Crippen LogP contribution in [0, 0.1) is 0 Å². The van der Waals surface area contributed by atoms with Crippen LogP contribution in [-0.2, 0) is 4.79 Å². The largest absolute Gasteiger partial charge is 0.480 e. The molecule has 1 unspecified atom stereocenters. The van der Waals surface area contributed by atoms with Gasteiger partial charge in [0.25, 0.3) is 0 Å². The zero-order valence-electron chi connectivity index (χ0n) is 12.6. The molecule has 5 heteroatoms. The van der Waals surface area contributed by atoms with E-state index in [1.807, 2.05) is 0 Å². The normalized spacial score (nSPS) is 17.1. The van der Waals surface area contributed by atoms with Crippen LogP contribution in [0.4, 0.5) is 0 Å². The summed E-state index contributed by atoms with van der Waals surface area (Å²) in [7, 11) is 4.16. The third-order valence-electron chi connectivity index (χ3n) is 3.57. The molecule has 0 radical (unpaired) electrons. The molecule has 19 heavy (non-hydrogen) atoms. The first-order chi connectivity index (χ1) is 9.02. The summed E-state index contributed by atoms with van der Waals surface area (Å²) in [6.07, 6.45) is 4.09. The molecule has 0 heterocycles. The Bertz CT molecular complexity index is 267. The molecule has 1 saturated carbocycles. The lowest BCUT2D eigenvalue weighted by molar-refractivity contribution is -0.139. The van der Waals surface area contributed by atoms with E-state index < -0.39 is 5.97 Å². The molecule has 0 amide bonds. The van der Waals surface area contributed by atoms with Gasteiger partial charge in [-0.1, -0.05) is 6.92 Å². The monoisotopic (exact) mass is 271 g/mol. The minimum atomic E-state index is -0.712. The maximum absolute atomic E-state index is 11.2. The highest BCUT2D eigenvalue weighted by Crippen LogP contribution is 2.20. The lowest BCUT2D eigenvalue weighted by Gasteiger charge is -2.23. The summed E-state index contributed by atoms with van der Waals surface area (Å²) in [4.78, 5) is 15.7. The van der Waals surface area contributed by atoms with Gasteiger partial charge < -0.3 is 20.2 Å². The van der Waals surface area contributed by atoms with Crippen LogP contribution in [0.5, 0.6) is 0 Å². The van der Waals surface area contributed by atoms with Crippen molar-refractivity contribution in [2.75, 3.05) is 40.3 Å². The van der Waals surface area contributed by atoms with Crippen LogP contribution in [0.3, 0.4) is 0 Å². The van der Waals surface area contributed by atoms with E-state index in [1.54, 1.807) is 0 Å². The van der Waals surface area contributed by atoms with Gasteiger partial charge in [-0.3, -0.25) is 4.79 Å². The van der Waals surface area contributed by atoms with Crippen molar-refractivity contribution in [1.29, 1.82) is 0 Å². The zero-order valence-corrected chi connectivity index (χ0v) is 12.6. The molecule has 0 aromatic carbocycles. The number of carboxylic acid groups (broad SMARTS) is 1. The summed E-state index contributed by atoms with van der Waals surface area (Å²) >= 11 is 0. The number of nitrogens with one attached hydrogen (secondary N) is 1. The fourth-order valence-electron chi connectivity index (χ4n) is 2.16. The average molecular weight is 271 g/mol. The number of carboxylic acids is 1. The highest BCUT2D eigenvalue weighted by atomic mass is 16.4. The minimum absolute atomic E-state index is 0.379. The fraction of sp³-hybridized carbons (Fsp3) is 0.929. The summed E-state index contributed by atoms with van der Waals surface area (Å²) in [5.41, 5.74) is 0. The Hall–Kier alpha value is -0.650. The highest BCUT2D eigenvalue weighted by Gasteiger charge is 2.28. The molecule has 1 aliphatic carbocycles. The zero-order chi connectivity index (χ0) is 14.3. The van der Waals surface area contributed by atoms with Crippen molar-refractivity contribution in [2.24, 2.45) is 0 Å². The first-order valence-corrected chi connectivity index (χ1v) is 7.38. The van der Waals surface area contributed by atoms with Gasteiger partial charge in [-0.25, -0.2) is 0 Å². The van der Waals surface area contributed by atoms with E-state index in [-0.39, 0.29) is 6.04 Å². The number of aliphatic carboxylic acids is 1. The van der Waals surface area contributed by atoms with Crippen molar-refractivity contribution in [2.45, 2.75) is 44.7 Å². The van der Waals surface area contributed by atoms with Gasteiger partial charge in [0, 0.05) is 12.6 Å². The molecular weight excluding hydrogens is 242 g/mol. The van der Waals surface area contributed by atoms with Gasteiger partial charge in [-0.2, -0.15) is 0 Å². The summed E-state index contributed by atoms with van der Waals surface area (Å²) < 4.78 is 0. The molecule has 112 valence electrons. The fourth-order valence-corrected chi connectivity index (χ4v) is 2.16. The van der Waals surface area contributed by atoms with E-state index in [9.17, 15) is 9.90 Å². The van der Waals surface area contributed by atoms with Gasteiger partial charge in [-0.05, 0) is 59.4 Å². The molecule has 0 aliphatic heterocycles. The van der Waals surface area contributed by atoms with Crippen molar-refractivity contribution in [3.63, 3.8) is 0 Å². The van der Waals surface area contributed by atoms with Crippen molar-refractivity contribution in [1.82, 2.24) is 15.1 Å². The molecule has 0 saturated heterocycles. The molecule has 0 spiro atoms. The van der Waals surface area contributed by atoms with Crippen LogP contribution < -0.4 is 5.32 Å². The van der Waals surface area contributed by atoms with Crippen molar-refractivity contribution in [3.05, 3.63) is 0 Å². The SMILES string of the molecule is CCN(CCCN(C)C)CCC(NC1CC1)C(=O)O. The summed E-state index contributed by atoms with van der Waals surface area (Å²) in [5.74, 6) is -0.712. The molecule has 1 atom stereocenters. The Morgan fingerprint density at radius 3 is 2.47 bits per heavy atom. The maximum atomic E-state index is 11.2. The summed E-state index contributed by atoms with van der Waals surface area (Å²) in [6.45, 7) is 6.12. The second kappa shape index (κ2) is 8.51. The second-order valence-electron chi connectivity index (χ2n) is 5.71. The van der Waals surface area contributed by atoms with E-state index in [1.165, 1.54) is 0 Å². The standard InChI is InChI=1S/C14H29N3O2/c1-4-17(10-5-9-16(2)3)11-8-13(14(18)19)15-12-6-7-12/h12-13,15H,4-11H2,1-3H3,(H,18,19). The van der Waals surface area contributed by atoms with Crippen molar-refractivity contribution < 1.29 is 9.90 Å². The van der Waals surface area contributed by atoms with Crippen molar-refractivity contribution in [3.8, 4) is 0 Å². The van der Waals surface area contributed by atoms with Crippen LogP contribution in [-0.4, -0.2) is 73.2 Å². The van der Waals surface area contributed by atoms with Crippen LogP contribution in [0.25, 0.3) is 0 Å². The molecule has 1 aliphatic rings. The summed E-state index contributed by atoms with van der Waals surface area (Å²) in [5, 5.41) is 12.4. The minimum Gasteiger partial charge on any atom is -0.480 e. The molecule has 2 N–H and O–H groups in total. The Kier molecular flexibility index (Phi) is 7.34. The van der Waals surface area contributed by atoms with E-state index in [4.69, 9.17) is 0 Å². The van der Waals surface area contributed by atoms with Gasteiger partial charge in [0.1, 0.15) is 6.04 Å². The van der Waals surface area contributed by atoms with Crippen LogP contribution >= 0.6 is 0 Å².